The number of hydrogen-bond acceptors (Lipinski definition) is 2. The third kappa shape index (κ3) is 12.7. The zero-order valence-corrected chi connectivity index (χ0v) is 16.1. The van der Waals surface area contributed by atoms with Gasteiger partial charge < -0.3 is 9.64 Å². The van der Waals surface area contributed by atoms with Gasteiger partial charge in [-0.15, -0.1) is 12.4 Å². The Morgan fingerprint density at radius 2 is 1.32 bits per heavy atom. The van der Waals surface area contributed by atoms with E-state index in [1.807, 2.05) is 0 Å². The van der Waals surface area contributed by atoms with Crippen molar-refractivity contribution >= 4 is 12.4 Å². The van der Waals surface area contributed by atoms with Crippen LogP contribution in [0.2, 0.25) is 0 Å². The van der Waals surface area contributed by atoms with Gasteiger partial charge >= 0.3 is 0 Å². The minimum atomic E-state index is 0. The lowest BCUT2D eigenvalue weighted by Crippen LogP contribution is -2.29. The van der Waals surface area contributed by atoms with Crippen molar-refractivity contribution in [1.82, 2.24) is 4.90 Å². The van der Waals surface area contributed by atoms with Crippen LogP contribution >= 0.6 is 12.4 Å². The second kappa shape index (κ2) is 14.8. The topological polar surface area (TPSA) is 15.8 Å². The van der Waals surface area contributed by atoms with Crippen LogP contribution in [0, 0.1) is 0 Å². The largest absolute Gasteiger partial charge is 0.373 e. The summed E-state index contributed by atoms with van der Waals surface area (Å²) >= 11 is 0. The second-order valence-electron chi connectivity index (χ2n) is 7.13. The highest BCUT2D eigenvalue weighted by atomic mass is 35.5. The van der Waals surface area contributed by atoms with E-state index >= 15 is 0 Å². The van der Waals surface area contributed by atoms with Gasteiger partial charge in [0.2, 0.25) is 0 Å². The fraction of sp³-hybridized carbons (Fsp3) is 1.00. The summed E-state index contributed by atoms with van der Waals surface area (Å²) in [5.41, 5.74) is 0. The maximum Gasteiger partial charge on any atom is 0.0824 e. The highest BCUT2D eigenvalue weighted by Crippen LogP contribution is 2.21. The molecule has 0 bridgehead atoms. The maximum atomic E-state index is 5.37. The molecule has 0 aromatic heterocycles. The van der Waals surface area contributed by atoms with Crippen molar-refractivity contribution in [3.63, 3.8) is 0 Å². The maximum absolute atomic E-state index is 5.37. The highest BCUT2D eigenvalue weighted by molar-refractivity contribution is 5.85. The smallest absolute Gasteiger partial charge is 0.0824 e. The van der Waals surface area contributed by atoms with Crippen LogP contribution in [0.4, 0.5) is 0 Å². The molecular formula is C19H40ClNO. The van der Waals surface area contributed by atoms with Crippen LogP contribution in [0.3, 0.4) is 0 Å². The van der Waals surface area contributed by atoms with Crippen molar-refractivity contribution in [1.29, 1.82) is 0 Å². The molecule has 22 heavy (non-hydrogen) atoms. The summed E-state index contributed by atoms with van der Waals surface area (Å²) in [6.07, 6.45) is 19.0. The molecule has 1 saturated heterocycles. The molecule has 2 nitrogen and oxygen atoms in total. The summed E-state index contributed by atoms with van der Waals surface area (Å²) in [7, 11) is 4.43. The van der Waals surface area contributed by atoms with Gasteiger partial charge in [0, 0.05) is 6.04 Å². The van der Waals surface area contributed by atoms with Crippen molar-refractivity contribution in [2.75, 3.05) is 20.7 Å². The third-order valence-electron chi connectivity index (χ3n) is 4.81. The van der Waals surface area contributed by atoms with E-state index in [-0.39, 0.29) is 12.4 Å². The lowest BCUT2D eigenvalue weighted by atomic mass is 10.0. The van der Waals surface area contributed by atoms with Gasteiger partial charge in [0.1, 0.15) is 0 Å². The fourth-order valence-corrected chi connectivity index (χ4v) is 3.14. The van der Waals surface area contributed by atoms with E-state index in [0.29, 0.717) is 6.10 Å². The molecular weight excluding hydrogens is 294 g/mol. The monoisotopic (exact) mass is 333 g/mol. The summed E-state index contributed by atoms with van der Waals surface area (Å²) in [4.78, 5) is 2.39. The Morgan fingerprint density at radius 1 is 0.864 bits per heavy atom. The molecule has 1 aliphatic heterocycles. The first-order chi connectivity index (χ1) is 10.2. The normalized spacial score (nSPS) is 18.3. The molecule has 3 heteroatoms. The summed E-state index contributed by atoms with van der Waals surface area (Å²) < 4.78 is 5.37. The predicted octanol–water partition coefficient (Wildman–Crippen LogP) is 5.83. The number of halogens is 1. The molecule has 0 N–H and O–H groups in total. The van der Waals surface area contributed by atoms with E-state index in [1.54, 1.807) is 0 Å². The van der Waals surface area contributed by atoms with Gasteiger partial charge in [0.05, 0.1) is 12.7 Å². The minimum Gasteiger partial charge on any atom is -0.373 e. The molecule has 2 atom stereocenters. The van der Waals surface area contributed by atoms with Gasteiger partial charge in [0.15, 0.2) is 0 Å². The molecule has 0 aromatic rings. The zero-order valence-electron chi connectivity index (χ0n) is 15.3. The first kappa shape index (κ1) is 22.2. The van der Waals surface area contributed by atoms with Crippen molar-refractivity contribution in [3.05, 3.63) is 0 Å². The Balaban J connectivity index is 0.00000441. The van der Waals surface area contributed by atoms with Crippen LogP contribution in [0.1, 0.15) is 90.4 Å². The highest BCUT2D eigenvalue weighted by Gasteiger charge is 2.27. The van der Waals surface area contributed by atoms with Crippen molar-refractivity contribution in [2.45, 2.75) is 103 Å². The molecule has 1 rings (SSSR count). The Bertz CT molecular complexity index is 231. The number of hydrogen-bond donors (Lipinski definition) is 0. The van der Waals surface area contributed by atoms with E-state index in [4.69, 9.17) is 4.74 Å². The number of nitrogens with zero attached hydrogens (tertiary/aromatic N) is 1. The molecule has 0 radical (unpaired) electrons. The van der Waals surface area contributed by atoms with Crippen molar-refractivity contribution < 1.29 is 4.74 Å². The molecule has 0 amide bonds. The van der Waals surface area contributed by atoms with E-state index in [2.05, 4.69) is 25.9 Å². The van der Waals surface area contributed by atoms with E-state index in [1.165, 1.54) is 83.5 Å². The lowest BCUT2D eigenvalue weighted by Gasteiger charge is -2.23. The van der Waals surface area contributed by atoms with Crippen molar-refractivity contribution in [3.8, 4) is 0 Å². The molecule has 1 aliphatic rings. The summed E-state index contributed by atoms with van der Waals surface area (Å²) in [5.74, 6) is 0. The summed E-state index contributed by atoms with van der Waals surface area (Å²) in [6, 6.07) is 0.732. The standard InChI is InChI=1S/C19H39NO.ClH/c1-4-5-6-7-8-9-10-11-12-13-14-15-18(20(2)3)16-19-17-21-19;/h18-19H,4-17H2,1-3H3;1H. The minimum absolute atomic E-state index is 0. The van der Waals surface area contributed by atoms with Gasteiger partial charge in [0.25, 0.3) is 0 Å². The number of rotatable bonds is 15. The number of unbranched alkanes of at least 4 members (excludes halogenated alkanes) is 10. The molecule has 134 valence electrons. The van der Waals surface area contributed by atoms with Gasteiger partial charge in [-0.05, 0) is 26.9 Å². The first-order valence-electron chi connectivity index (χ1n) is 9.52. The Labute approximate surface area is 145 Å². The Hall–Kier alpha value is 0.210. The SMILES string of the molecule is CCCCCCCCCCCCCC(CC1CO1)N(C)C.Cl. The van der Waals surface area contributed by atoms with Crippen LogP contribution in [0.5, 0.6) is 0 Å². The molecule has 1 fully saturated rings. The third-order valence-corrected chi connectivity index (χ3v) is 4.81. The predicted molar refractivity (Wildman–Crippen MR) is 100 cm³/mol. The Morgan fingerprint density at radius 3 is 1.73 bits per heavy atom. The molecule has 0 spiro atoms. The van der Waals surface area contributed by atoms with Crippen LogP contribution in [-0.4, -0.2) is 37.7 Å². The average Bonchev–Trinajstić information content (AvgIpc) is 3.27. The lowest BCUT2D eigenvalue weighted by molar-refractivity contribution is 0.235. The van der Waals surface area contributed by atoms with E-state index in [0.717, 1.165) is 12.6 Å². The van der Waals surface area contributed by atoms with Crippen LogP contribution in [-0.2, 0) is 4.74 Å². The number of epoxide rings is 1. The van der Waals surface area contributed by atoms with Gasteiger partial charge in [-0.3, -0.25) is 0 Å². The summed E-state index contributed by atoms with van der Waals surface area (Å²) in [5, 5.41) is 0. The van der Waals surface area contributed by atoms with Gasteiger partial charge in [-0.25, -0.2) is 0 Å². The summed E-state index contributed by atoms with van der Waals surface area (Å²) in [6.45, 7) is 3.29. The second-order valence-corrected chi connectivity index (χ2v) is 7.13. The van der Waals surface area contributed by atoms with Crippen LogP contribution in [0.25, 0.3) is 0 Å². The molecule has 0 aliphatic carbocycles. The molecule has 0 saturated carbocycles. The quantitative estimate of drug-likeness (QED) is 0.277. The van der Waals surface area contributed by atoms with Crippen molar-refractivity contribution in [2.24, 2.45) is 0 Å². The average molecular weight is 334 g/mol. The molecule has 1 heterocycles. The fourth-order valence-electron chi connectivity index (χ4n) is 3.14. The molecule has 2 unspecified atom stereocenters. The number of ether oxygens (including phenoxy) is 1. The molecule has 0 aromatic carbocycles. The zero-order chi connectivity index (χ0) is 15.3. The van der Waals surface area contributed by atoms with Crippen LogP contribution < -0.4 is 0 Å². The van der Waals surface area contributed by atoms with Gasteiger partial charge in [-0.1, -0.05) is 77.6 Å². The van der Waals surface area contributed by atoms with E-state index < -0.39 is 0 Å². The van der Waals surface area contributed by atoms with E-state index in [9.17, 15) is 0 Å². The first-order valence-corrected chi connectivity index (χ1v) is 9.52. The Kier molecular flexibility index (Phi) is 14.9. The van der Waals surface area contributed by atoms with Gasteiger partial charge in [-0.2, -0.15) is 0 Å². The van der Waals surface area contributed by atoms with Crippen LogP contribution in [0.15, 0.2) is 0 Å².